The van der Waals surface area contributed by atoms with Gasteiger partial charge in [0.25, 0.3) is 0 Å². The van der Waals surface area contributed by atoms with Gasteiger partial charge in [0.1, 0.15) is 18.3 Å². The third-order valence-electron chi connectivity index (χ3n) is 12.9. The molecule has 282 valence electrons. The predicted octanol–water partition coefficient (Wildman–Crippen LogP) is 11.9. The van der Waals surface area contributed by atoms with Crippen LogP contribution in [0.4, 0.5) is 0 Å². The lowest BCUT2D eigenvalue weighted by atomic mass is 10.1. The van der Waals surface area contributed by atoms with Crippen LogP contribution in [0.1, 0.15) is 104 Å². The van der Waals surface area contributed by atoms with E-state index in [2.05, 4.69) is 169 Å². The molecular weight excluding hydrogens is 669 g/mol. The Morgan fingerprint density at radius 1 is 0.447 bits per heavy atom. The maximum atomic E-state index is 7.50. The van der Waals surface area contributed by atoms with E-state index in [1.807, 2.05) is 0 Å². The first kappa shape index (κ1) is 45.9. The summed E-state index contributed by atoms with van der Waals surface area (Å²) in [5.74, 6) is 0. The molecule has 1 heterocycles. The fourth-order valence-corrected chi connectivity index (χ4v) is 10.1. The molecule has 0 spiro atoms. The van der Waals surface area contributed by atoms with Gasteiger partial charge in [0.05, 0.1) is 12.7 Å². The van der Waals surface area contributed by atoms with E-state index in [-0.39, 0.29) is 43.5 Å². The highest BCUT2D eigenvalue weighted by Crippen LogP contribution is 2.48. The molecule has 11 heteroatoms. The van der Waals surface area contributed by atoms with Crippen LogP contribution in [0, 0.1) is 0 Å². The van der Waals surface area contributed by atoms with Crippen molar-refractivity contribution in [2.45, 2.75) is 225 Å². The number of hydrogen-bond donors (Lipinski definition) is 0. The standard InChI is InChI=1S/C36H82O6Si5/c1-32(2,3)43(16,17)37-26-27(39-44(18,19)33(4,5)6)28-29(40-45(20,21)34(7,8)9)30(41-46(22,23)35(10,11)12)31(38-28)42-47(24,25)36(13,14)15/h27-31H,26H2,1-25H3/t27-,28-,29-,30+,31-/m0/s1. The molecule has 1 fully saturated rings. The molecule has 0 radical (unpaired) electrons. The van der Waals surface area contributed by atoms with E-state index >= 15 is 0 Å². The van der Waals surface area contributed by atoms with Crippen LogP contribution in [0.3, 0.4) is 0 Å². The number of ether oxygens (including phenoxy) is 1. The van der Waals surface area contributed by atoms with Crippen molar-refractivity contribution in [3.63, 3.8) is 0 Å². The van der Waals surface area contributed by atoms with Crippen LogP contribution >= 0.6 is 0 Å². The monoisotopic (exact) mass is 750 g/mol. The molecule has 0 aromatic heterocycles. The molecule has 5 atom stereocenters. The maximum absolute atomic E-state index is 7.50. The van der Waals surface area contributed by atoms with Crippen LogP contribution in [-0.2, 0) is 26.9 Å². The van der Waals surface area contributed by atoms with Crippen molar-refractivity contribution >= 4 is 41.6 Å². The summed E-state index contributed by atoms with van der Waals surface area (Å²) in [4.78, 5) is 0. The van der Waals surface area contributed by atoms with Gasteiger partial charge in [0, 0.05) is 0 Å². The summed E-state index contributed by atoms with van der Waals surface area (Å²) in [6.07, 6.45) is -1.99. The van der Waals surface area contributed by atoms with Gasteiger partial charge in [-0.3, -0.25) is 0 Å². The Morgan fingerprint density at radius 3 is 1.11 bits per heavy atom. The van der Waals surface area contributed by atoms with Crippen molar-refractivity contribution in [2.24, 2.45) is 0 Å². The second kappa shape index (κ2) is 14.3. The lowest BCUT2D eigenvalue weighted by Crippen LogP contribution is -2.58. The van der Waals surface area contributed by atoms with Gasteiger partial charge in [-0.2, -0.15) is 0 Å². The van der Waals surface area contributed by atoms with Gasteiger partial charge in [0.15, 0.2) is 47.9 Å². The zero-order valence-electron chi connectivity index (χ0n) is 36.0. The predicted molar refractivity (Wildman–Crippen MR) is 216 cm³/mol. The van der Waals surface area contributed by atoms with Gasteiger partial charge >= 0.3 is 0 Å². The Balaban J connectivity index is 4.04. The SMILES string of the molecule is CC(C)(C)[Si](C)(C)OC[C@H](O[Si](C)(C)C(C)(C)C)[C@@H]1O[C@@H](O[Si](C)(C)C(C)(C)C)[C@H](O[Si](C)(C)C(C)(C)C)[C@H]1O[Si](C)(C)C(C)(C)C. The molecule has 47 heavy (non-hydrogen) atoms. The topological polar surface area (TPSA) is 55.4 Å². The lowest BCUT2D eigenvalue weighted by molar-refractivity contribution is -0.137. The fourth-order valence-electron chi connectivity index (χ4n) is 4.06. The molecule has 1 saturated heterocycles. The first-order chi connectivity index (χ1) is 20.2. The van der Waals surface area contributed by atoms with Gasteiger partial charge in [-0.25, -0.2) is 0 Å². The zero-order chi connectivity index (χ0) is 37.8. The molecule has 6 nitrogen and oxygen atoms in total. The Kier molecular flexibility index (Phi) is 14.0. The van der Waals surface area contributed by atoms with Gasteiger partial charge in [-0.15, -0.1) is 0 Å². The fraction of sp³-hybridized carbons (Fsp3) is 1.00. The summed E-state index contributed by atoms with van der Waals surface area (Å²) in [5.41, 5.74) is 0. The first-order valence-corrected chi connectivity index (χ1v) is 32.8. The van der Waals surface area contributed by atoms with Crippen LogP contribution < -0.4 is 0 Å². The van der Waals surface area contributed by atoms with Gasteiger partial charge in [0.2, 0.25) is 0 Å². The summed E-state index contributed by atoms with van der Waals surface area (Å²) >= 11 is 0. The van der Waals surface area contributed by atoms with Crippen LogP contribution in [0.5, 0.6) is 0 Å². The first-order valence-electron chi connectivity index (χ1n) is 18.2. The summed E-state index contributed by atoms with van der Waals surface area (Å²) in [5, 5.41) is 0.116. The second-order valence-corrected chi connectivity index (χ2v) is 45.9. The average Bonchev–Trinajstić information content (AvgIpc) is 3.07. The molecular formula is C36H82O6Si5. The smallest absolute Gasteiger partial charge is 0.195 e. The van der Waals surface area contributed by atoms with Crippen LogP contribution in [0.2, 0.25) is 90.7 Å². The van der Waals surface area contributed by atoms with Crippen molar-refractivity contribution in [2.75, 3.05) is 6.61 Å². The summed E-state index contributed by atoms with van der Waals surface area (Å²) < 4.78 is 43.7. The van der Waals surface area contributed by atoms with Gasteiger partial charge in [-0.05, 0) is 90.7 Å². The quantitative estimate of drug-likeness (QED) is 0.185. The Hall–Kier alpha value is 0.844. The van der Waals surface area contributed by atoms with E-state index in [0.717, 1.165) is 0 Å². The van der Waals surface area contributed by atoms with Crippen LogP contribution in [0.25, 0.3) is 0 Å². The summed E-state index contributed by atoms with van der Waals surface area (Å²) in [7, 11) is -11.2. The molecule has 0 aromatic carbocycles. The minimum absolute atomic E-state index is 0.00483. The molecule has 0 aliphatic carbocycles. The summed E-state index contributed by atoms with van der Waals surface area (Å²) in [6.45, 7) is 58.2. The van der Waals surface area contributed by atoms with E-state index in [0.29, 0.717) is 6.61 Å². The van der Waals surface area contributed by atoms with Crippen molar-refractivity contribution in [1.29, 1.82) is 0 Å². The van der Waals surface area contributed by atoms with E-state index in [1.54, 1.807) is 0 Å². The molecule has 1 rings (SSSR count). The lowest BCUT2D eigenvalue weighted by Gasteiger charge is -2.46. The highest BCUT2D eigenvalue weighted by atomic mass is 28.4. The van der Waals surface area contributed by atoms with E-state index in [9.17, 15) is 0 Å². The van der Waals surface area contributed by atoms with Crippen molar-refractivity contribution in [3.05, 3.63) is 0 Å². The molecule has 1 aliphatic rings. The average molecular weight is 751 g/mol. The van der Waals surface area contributed by atoms with E-state index in [4.69, 9.17) is 26.9 Å². The molecule has 0 N–H and O–H groups in total. The van der Waals surface area contributed by atoms with Gasteiger partial charge < -0.3 is 26.9 Å². The largest absolute Gasteiger partial charge is 0.414 e. The van der Waals surface area contributed by atoms with E-state index < -0.39 is 54.0 Å². The molecule has 0 unspecified atom stereocenters. The zero-order valence-corrected chi connectivity index (χ0v) is 41.0. The molecule has 1 aliphatic heterocycles. The third-order valence-corrected chi connectivity index (χ3v) is 35.3. The maximum Gasteiger partial charge on any atom is 0.195 e. The van der Waals surface area contributed by atoms with Gasteiger partial charge in [-0.1, -0.05) is 104 Å². The third kappa shape index (κ3) is 11.2. The Labute approximate surface area is 299 Å². The minimum atomic E-state index is -2.30. The normalized spacial score (nSPS) is 24.2. The molecule has 0 aromatic rings. The molecule has 0 saturated carbocycles. The molecule has 0 bridgehead atoms. The highest BCUT2D eigenvalue weighted by molar-refractivity contribution is 6.76. The second-order valence-electron chi connectivity index (χ2n) is 22.0. The van der Waals surface area contributed by atoms with Crippen molar-refractivity contribution < 1.29 is 26.9 Å². The highest BCUT2D eigenvalue weighted by Gasteiger charge is 2.59. The number of rotatable bonds is 12. The van der Waals surface area contributed by atoms with Crippen molar-refractivity contribution in [1.82, 2.24) is 0 Å². The van der Waals surface area contributed by atoms with Crippen molar-refractivity contribution in [3.8, 4) is 0 Å². The molecule has 0 amide bonds. The van der Waals surface area contributed by atoms with Crippen LogP contribution in [0.15, 0.2) is 0 Å². The Bertz CT molecular complexity index is 1020. The number of hydrogen-bond acceptors (Lipinski definition) is 6. The minimum Gasteiger partial charge on any atom is -0.414 e. The van der Waals surface area contributed by atoms with E-state index in [1.165, 1.54) is 0 Å². The van der Waals surface area contributed by atoms with Crippen LogP contribution in [-0.4, -0.2) is 78.9 Å². The summed E-state index contributed by atoms with van der Waals surface area (Å²) in [6, 6.07) is 0. The Morgan fingerprint density at radius 2 is 0.766 bits per heavy atom.